The standard InChI is InChI=1S/C19H13ClI2N4O3/c20-15-4-2-1-3-13(15)11-29-19-16(21)7-12(8-17(19)22)9-24-25-18-6-5-14(10-23-18)26(27)28/h1-10H,11H2,(H,23,25)/b24-9+. The average Bonchev–Trinajstić information content (AvgIpc) is 2.69. The van der Waals surface area contributed by atoms with E-state index in [1.165, 1.54) is 18.3 Å². The predicted molar refractivity (Wildman–Crippen MR) is 130 cm³/mol. The third kappa shape index (κ3) is 6.00. The summed E-state index contributed by atoms with van der Waals surface area (Å²) in [5.41, 5.74) is 4.47. The molecule has 0 saturated heterocycles. The molecule has 0 aliphatic carbocycles. The molecule has 0 fully saturated rings. The van der Waals surface area contributed by atoms with Gasteiger partial charge in [0.2, 0.25) is 0 Å². The zero-order valence-corrected chi connectivity index (χ0v) is 19.8. The summed E-state index contributed by atoms with van der Waals surface area (Å²) in [5.74, 6) is 1.20. The predicted octanol–water partition coefficient (Wildman–Crippen LogP) is 5.88. The van der Waals surface area contributed by atoms with E-state index < -0.39 is 4.92 Å². The van der Waals surface area contributed by atoms with Crippen LogP contribution in [0.4, 0.5) is 11.5 Å². The second-order valence-electron chi connectivity index (χ2n) is 5.72. The number of anilines is 1. The quantitative estimate of drug-likeness (QED) is 0.152. The topological polar surface area (TPSA) is 89.7 Å². The van der Waals surface area contributed by atoms with Gasteiger partial charge in [-0.1, -0.05) is 29.8 Å². The number of hydrazone groups is 1. The molecule has 148 valence electrons. The maximum Gasteiger partial charge on any atom is 0.287 e. The lowest BCUT2D eigenvalue weighted by Gasteiger charge is -2.12. The Hall–Kier alpha value is -1.99. The zero-order chi connectivity index (χ0) is 20.8. The van der Waals surface area contributed by atoms with Crippen molar-refractivity contribution in [1.29, 1.82) is 0 Å². The number of benzene rings is 2. The molecule has 0 aliphatic rings. The van der Waals surface area contributed by atoms with Gasteiger partial charge in [0.1, 0.15) is 24.4 Å². The van der Waals surface area contributed by atoms with Gasteiger partial charge < -0.3 is 4.74 Å². The van der Waals surface area contributed by atoms with E-state index in [1.54, 1.807) is 6.21 Å². The molecule has 0 atom stereocenters. The van der Waals surface area contributed by atoms with E-state index in [4.69, 9.17) is 16.3 Å². The minimum Gasteiger partial charge on any atom is -0.487 e. The van der Waals surface area contributed by atoms with Crippen LogP contribution in [0.3, 0.4) is 0 Å². The molecule has 3 rings (SSSR count). The van der Waals surface area contributed by atoms with Crippen LogP contribution in [0, 0.1) is 17.3 Å². The Bertz CT molecular complexity index is 1040. The third-order valence-corrected chi connectivity index (χ3v) is 5.67. The monoisotopic (exact) mass is 634 g/mol. The van der Waals surface area contributed by atoms with Gasteiger partial charge in [-0.15, -0.1) is 0 Å². The van der Waals surface area contributed by atoms with Crippen LogP contribution in [0.25, 0.3) is 0 Å². The molecule has 0 radical (unpaired) electrons. The molecule has 0 unspecified atom stereocenters. The van der Waals surface area contributed by atoms with Crippen LogP contribution in [0.5, 0.6) is 5.75 Å². The molecule has 3 aromatic rings. The minimum atomic E-state index is -0.501. The first-order chi connectivity index (χ1) is 13.9. The van der Waals surface area contributed by atoms with Gasteiger partial charge in [0.05, 0.1) is 18.3 Å². The van der Waals surface area contributed by atoms with E-state index >= 15 is 0 Å². The highest BCUT2D eigenvalue weighted by molar-refractivity contribution is 14.1. The molecule has 1 heterocycles. The van der Waals surface area contributed by atoms with Crippen molar-refractivity contribution in [2.24, 2.45) is 5.10 Å². The van der Waals surface area contributed by atoms with Crippen molar-refractivity contribution in [3.05, 3.63) is 88.1 Å². The lowest BCUT2D eigenvalue weighted by molar-refractivity contribution is -0.385. The van der Waals surface area contributed by atoms with Crippen molar-refractivity contribution in [3.8, 4) is 5.75 Å². The number of hydrogen-bond acceptors (Lipinski definition) is 6. The van der Waals surface area contributed by atoms with Crippen LogP contribution in [-0.2, 0) is 6.61 Å². The fourth-order valence-corrected chi connectivity index (χ4v) is 4.61. The maximum atomic E-state index is 10.6. The summed E-state index contributed by atoms with van der Waals surface area (Å²) in [4.78, 5) is 14.1. The molecule has 0 spiro atoms. The van der Waals surface area contributed by atoms with E-state index in [0.29, 0.717) is 17.4 Å². The van der Waals surface area contributed by atoms with Crippen molar-refractivity contribution in [2.75, 3.05) is 5.43 Å². The van der Waals surface area contributed by atoms with Gasteiger partial charge in [-0.25, -0.2) is 4.98 Å². The molecule has 10 heteroatoms. The number of halogens is 3. The summed E-state index contributed by atoms with van der Waals surface area (Å²) < 4.78 is 7.85. The van der Waals surface area contributed by atoms with Crippen molar-refractivity contribution in [3.63, 3.8) is 0 Å². The van der Waals surface area contributed by atoms with Crippen LogP contribution in [0.1, 0.15) is 11.1 Å². The van der Waals surface area contributed by atoms with Crippen molar-refractivity contribution < 1.29 is 9.66 Å². The highest BCUT2D eigenvalue weighted by atomic mass is 127. The largest absolute Gasteiger partial charge is 0.487 e. The number of nitrogens with zero attached hydrogens (tertiary/aromatic N) is 3. The normalized spacial score (nSPS) is 10.9. The number of pyridine rings is 1. The first-order valence-electron chi connectivity index (χ1n) is 8.19. The highest BCUT2D eigenvalue weighted by Gasteiger charge is 2.10. The molecule has 29 heavy (non-hydrogen) atoms. The summed E-state index contributed by atoms with van der Waals surface area (Å²) >= 11 is 10.6. The Labute approximate surface area is 199 Å². The fraction of sp³-hybridized carbons (Fsp3) is 0.0526. The van der Waals surface area contributed by atoms with Gasteiger partial charge in [-0.3, -0.25) is 15.5 Å². The van der Waals surface area contributed by atoms with E-state index in [-0.39, 0.29) is 5.69 Å². The van der Waals surface area contributed by atoms with Gasteiger partial charge in [0.25, 0.3) is 5.69 Å². The number of nitro groups is 1. The van der Waals surface area contributed by atoms with Crippen molar-refractivity contribution in [1.82, 2.24) is 4.98 Å². The van der Waals surface area contributed by atoms with Gasteiger partial charge in [-0.2, -0.15) is 5.10 Å². The first-order valence-corrected chi connectivity index (χ1v) is 10.7. The second-order valence-corrected chi connectivity index (χ2v) is 8.45. The van der Waals surface area contributed by atoms with E-state index in [1.807, 2.05) is 36.4 Å². The first kappa shape index (κ1) is 21.7. The molecular weight excluding hydrogens is 621 g/mol. The summed E-state index contributed by atoms with van der Waals surface area (Å²) in [6.07, 6.45) is 2.82. The number of aromatic nitrogens is 1. The third-order valence-electron chi connectivity index (χ3n) is 3.70. The average molecular weight is 635 g/mol. The summed E-state index contributed by atoms with van der Waals surface area (Å²) in [5, 5.41) is 15.4. The summed E-state index contributed by atoms with van der Waals surface area (Å²) in [7, 11) is 0. The molecule has 0 amide bonds. The second kappa shape index (κ2) is 10.2. The van der Waals surface area contributed by atoms with E-state index in [2.05, 4.69) is 60.7 Å². The zero-order valence-electron chi connectivity index (χ0n) is 14.7. The Morgan fingerprint density at radius 3 is 2.55 bits per heavy atom. The van der Waals surface area contributed by atoms with Crippen molar-refractivity contribution in [2.45, 2.75) is 6.61 Å². The van der Waals surface area contributed by atoms with E-state index in [0.717, 1.165) is 24.0 Å². The Morgan fingerprint density at radius 1 is 1.21 bits per heavy atom. The molecule has 0 aliphatic heterocycles. The molecule has 1 N–H and O–H groups in total. The van der Waals surface area contributed by atoms with Crippen LogP contribution in [-0.4, -0.2) is 16.1 Å². The Morgan fingerprint density at radius 2 is 1.93 bits per heavy atom. The van der Waals surface area contributed by atoms with Gasteiger partial charge in [-0.05, 0) is 75.0 Å². The van der Waals surface area contributed by atoms with Crippen LogP contribution >= 0.6 is 56.8 Å². The molecule has 1 aromatic heterocycles. The maximum absolute atomic E-state index is 10.6. The molecule has 0 bridgehead atoms. The number of hydrogen-bond donors (Lipinski definition) is 1. The van der Waals surface area contributed by atoms with E-state index in [9.17, 15) is 10.1 Å². The van der Waals surface area contributed by atoms with Gasteiger partial charge in [0, 0.05) is 16.7 Å². The number of rotatable bonds is 7. The Balaban J connectivity index is 1.66. The molecular formula is C19H13ClI2N4O3. The lowest BCUT2D eigenvalue weighted by atomic mass is 10.2. The summed E-state index contributed by atoms with van der Waals surface area (Å²) in [6, 6.07) is 14.3. The minimum absolute atomic E-state index is 0.0731. The Kier molecular flexibility index (Phi) is 7.61. The highest BCUT2D eigenvalue weighted by Crippen LogP contribution is 2.30. The van der Waals surface area contributed by atoms with Crippen molar-refractivity contribution >= 4 is 74.5 Å². The lowest BCUT2D eigenvalue weighted by Crippen LogP contribution is -2.01. The fourth-order valence-electron chi connectivity index (χ4n) is 2.29. The molecule has 2 aromatic carbocycles. The molecule has 0 saturated carbocycles. The van der Waals surface area contributed by atoms with Gasteiger partial charge in [0.15, 0.2) is 0 Å². The smallest absolute Gasteiger partial charge is 0.287 e. The SMILES string of the molecule is O=[N+]([O-])c1ccc(N/N=C/c2cc(I)c(OCc3ccccc3Cl)c(I)c2)nc1. The van der Waals surface area contributed by atoms with Crippen LogP contribution < -0.4 is 10.2 Å². The number of nitrogens with one attached hydrogen (secondary N) is 1. The summed E-state index contributed by atoms with van der Waals surface area (Å²) in [6.45, 7) is 0.381. The number of ether oxygens (including phenoxy) is 1. The molecule has 7 nitrogen and oxygen atoms in total. The van der Waals surface area contributed by atoms with Crippen LogP contribution in [0.15, 0.2) is 59.8 Å². The van der Waals surface area contributed by atoms with Gasteiger partial charge >= 0.3 is 0 Å². The van der Waals surface area contributed by atoms with Crippen LogP contribution in [0.2, 0.25) is 5.02 Å².